The summed E-state index contributed by atoms with van der Waals surface area (Å²) in [4.78, 5) is 26.5. The van der Waals surface area contributed by atoms with Gasteiger partial charge in [0.1, 0.15) is 6.04 Å². The fraction of sp³-hybridized carbons (Fsp3) is 0.800. The smallest absolute Gasteiger partial charge is 0.245 e. The summed E-state index contributed by atoms with van der Waals surface area (Å²) in [6.45, 7) is 3.51. The third kappa shape index (κ3) is 2.68. The Morgan fingerprint density at radius 3 is 2.73 bits per heavy atom. The van der Waals surface area contributed by atoms with E-state index in [4.69, 9.17) is 0 Å². The first kappa shape index (κ1) is 12.0. The average molecular weight is 213 g/mol. The largest absolute Gasteiger partial charge is 0.332 e. The Labute approximate surface area is 90.4 Å². The molecule has 0 aliphatic carbocycles. The van der Waals surface area contributed by atoms with Gasteiger partial charge in [0.15, 0.2) is 0 Å². The van der Waals surface area contributed by atoms with Gasteiger partial charge >= 0.3 is 0 Å². The molecule has 1 saturated heterocycles. The first-order valence-corrected chi connectivity index (χ1v) is 5.27. The quantitative estimate of drug-likeness (QED) is 0.627. The Morgan fingerprint density at radius 2 is 2.13 bits per heavy atom. The summed E-state index contributed by atoms with van der Waals surface area (Å²) in [6.07, 6.45) is 0.881. The van der Waals surface area contributed by atoms with Gasteiger partial charge < -0.3 is 15.1 Å². The lowest BCUT2D eigenvalue weighted by Crippen LogP contribution is -2.57. The summed E-state index contributed by atoms with van der Waals surface area (Å²) in [5.74, 6) is 0.0692. The van der Waals surface area contributed by atoms with Crippen LogP contribution in [0.25, 0.3) is 0 Å². The standard InChI is InChI=1S/C10H19N3O2/c1-8-10(15)13(6-4-5-11-2)7-9(14)12(8)3/h8,11H,4-7H2,1-3H3. The molecule has 1 aliphatic rings. The maximum absolute atomic E-state index is 11.8. The average Bonchev–Trinajstić information content (AvgIpc) is 2.23. The highest BCUT2D eigenvalue weighted by Gasteiger charge is 2.33. The minimum Gasteiger partial charge on any atom is -0.332 e. The maximum atomic E-state index is 11.8. The normalized spacial score (nSPS) is 22.5. The highest BCUT2D eigenvalue weighted by atomic mass is 16.2. The molecule has 1 fully saturated rings. The second-order valence-electron chi connectivity index (χ2n) is 3.90. The molecule has 2 amide bonds. The Morgan fingerprint density at radius 1 is 1.47 bits per heavy atom. The van der Waals surface area contributed by atoms with Crippen LogP contribution in [0.4, 0.5) is 0 Å². The molecule has 1 aliphatic heterocycles. The van der Waals surface area contributed by atoms with Gasteiger partial charge in [-0.05, 0) is 26.9 Å². The van der Waals surface area contributed by atoms with Gasteiger partial charge in [0.2, 0.25) is 11.8 Å². The number of amides is 2. The lowest BCUT2D eigenvalue weighted by atomic mass is 10.2. The van der Waals surface area contributed by atoms with Gasteiger partial charge in [0, 0.05) is 13.6 Å². The number of carbonyl (C=O) groups excluding carboxylic acids is 2. The number of rotatable bonds is 4. The molecule has 0 saturated carbocycles. The number of hydrogen-bond acceptors (Lipinski definition) is 3. The van der Waals surface area contributed by atoms with Crippen molar-refractivity contribution in [2.75, 3.05) is 33.7 Å². The van der Waals surface area contributed by atoms with E-state index >= 15 is 0 Å². The van der Waals surface area contributed by atoms with Crippen LogP contribution in [-0.4, -0.2) is 61.4 Å². The van der Waals surface area contributed by atoms with Crippen molar-refractivity contribution >= 4 is 11.8 Å². The number of nitrogens with one attached hydrogen (secondary N) is 1. The van der Waals surface area contributed by atoms with Crippen molar-refractivity contribution in [3.05, 3.63) is 0 Å². The Kier molecular flexibility index (Phi) is 4.08. The third-order valence-electron chi connectivity index (χ3n) is 2.82. The molecular weight excluding hydrogens is 194 g/mol. The van der Waals surface area contributed by atoms with Crippen LogP contribution in [0.1, 0.15) is 13.3 Å². The first-order chi connectivity index (χ1) is 7.07. The molecule has 0 aromatic rings. The third-order valence-corrected chi connectivity index (χ3v) is 2.82. The lowest BCUT2D eigenvalue weighted by Gasteiger charge is -2.36. The van der Waals surface area contributed by atoms with Gasteiger partial charge in [-0.1, -0.05) is 0 Å². The zero-order valence-corrected chi connectivity index (χ0v) is 9.62. The SMILES string of the molecule is CNCCCN1CC(=O)N(C)C(C)C1=O. The van der Waals surface area contributed by atoms with Crippen molar-refractivity contribution < 1.29 is 9.59 Å². The van der Waals surface area contributed by atoms with Crippen molar-refractivity contribution in [3.8, 4) is 0 Å². The Balaban J connectivity index is 2.51. The van der Waals surface area contributed by atoms with Gasteiger partial charge in [-0.2, -0.15) is 0 Å². The summed E-state index contributed by atoms with van der Waals surface area (Å²) < 4.78 is 0. The van der Waals surface area contributed by atoms with E-state index in [2.05, 4.69) is 5.32 Å². The van der Waals surface area contributed by atoms with Gasteiger partial charge in [-0.25, -0.2) is 0 Å². The van der Waals surface area contributed by atoms with E-state index in [1.54, 1.807) is 18.9 Å². The molecule has 86 valence electrons. The number of nitrogens with zero attached hydrogens (tertiary/aromatic N) is 2. The fourth-order valence-corrected chi connectivity index (χ4v) is 1.63. The van der Waals surface area contributed by atoms with Crippen LogP contribution in [0.3, 0.4) is 0 Å². The molecule has 5 heteroatoms. The van der Waals surface area contributed by atoms with Crippen molar-refractivity contribution in [1.82, 2.24) is 15.1 Å². The van der Waals surface area contributed by atoms with Crippen LogP contribution >= 0.6 is 0 Å². The summed E-state index contributed by atoms with van der Waals surface area (Å²) >= 11 is 0. The predicted octanol–water partition coefficient (Wildman–Crippen LogP) is -0.715. The minimum absolute atomic E-state index is 0.0200. The molecule has 0 aromatic heterocycles. The monoisotopic (exact) mass is 213 g/mol. The first-order valence-electron chi connectivity index (χ1n) is 5.27. The zero-order chi connectivity index (χ0) is 11.4. The van der Waals surface area contributed by atoms with Gasteiger partial charge in [-0.15, -0.1) is 0 Å². The molecular formula is C10H19N3O2. The summed E-state index contributed by atoms with van der Waals surface area (Å²) in [5, 5.41) is 3.02. The van der Waals surface area contributed by atoms with E-state index in [1.165, 1.54) is 4.90 Å². The second kappa shape index (κ2) is 5.11. The van der Waals surface area contributed by atoms with Crippen molar-refractivity contribution in [1.29, 1.82) is 0 Å². The van der Waals surface area contributed by atoms with Crippen LogP contribution in [0.2, 0.25) is 0 Å². The molecule has 0 bridgehead atoms. The van der Waals surface area contributed by atoms with Gasteiger partial charge in [0.25, 0.3) is 0 Å². The molecule has 15 heavy (non-hydrogen) atoms. The summed E-state index contributed by atoms with van der Waals surface area (Å²) in [6, 6.07) is -0.319. The van der Waals surface area contributed by atoms with Crippen LogP contribution < -0.4 is 5.32 Å². The summed E-state index contributed by atoms with van der Waals surface area (Å²) in [5.41, 5.74) is 0. The van der Waals surface area contributed by atoms with E-state index in [-0.39, 0.29) is 24.4 Å². The molecule has 1 heterocycles. The Bertz CT molecular complexity index is 255. The Hall–Kier alpha value is -1.10. The van der Waals surface area contributed by atoms with E-state index in [1.807, 2.05) is 7.05 Å². The van der Waals surface area contributed by atoms with Crippen LogP contribution in [-0.2, 0) is 9.59 Å². The number of likely N-dealkylation sites (N-methyl/N-ethyl adjacent to an activating group) is 1. The predicted molar refractivity (Wildman–Crippen MR) is 57.4 cm³/mol. The van der Waals surface area contributed by atoms with Crippen LogP contribution in [0.5, 0.6) is 0 Å². The molecule has 1 rings (SSSR count). The number of carbonyl (C=O) groups is 2. The molecule has 0 aromatic carbocycles. The van der Waals surface area contributed by atoms with Crippen LogP contribution in [0, 0.1) is 0 Å². The summed E-state index contributed by atoms with van der Waals surface area (Å²) in [7, 11) is 3.55. The van der Waals surface area contributed by atoms with Gasteiger partial charge in [-0.3, -0.25) is 9.59 Å². The molecule has 1 unspecified atom stereocenters. The maximum Gasteiger partial charge on any atom is 0.245 e. The van der Waals surface area contributed by atoms with Gasteiger partial charge in [0.05, 0.1) is 6.54 Å². The number of hydrogen-bond donors (Lipinski definition) is 1. The van der Waals surface area contributed by atoms with E-state index < -0.39 is 0 Å². The number of piperazine rings is 1. The van der Waals surface area contributed by atoms with E-state index in [9.17, 15) is 9.59 Å². The molecule has 0 spiro atoms. The van der Waals surface area contributed by atoms with E-state index in [0.717, 1.165) is 13.0 Å². The highest BCUT2D eigenvalue weighted by molar-refractivity contribution is 5.94. The molecule has 1 atom stereocenters. The topological polar surface area (TPSA) is 52.7 Å². The fourth-order valence-electron chi connectivity index (χ4n) is 1.63. The van der Waals surface area contributed by atoms with E-state index in [0.29, 0.717) is 6.54 Å². The molecule has 1 N–H and O–H groups in total. The molecule has 0 radical (unpaired) electrons. The minimum atomic E-state index is -0.319. The molecule has 5 nitrogen and oxygen atoms in total. The van der Waals surface area contributed by atoms with Crippen molar-refractivity contribution in [2.24, 2.45) is 0 Å². The highest BCUT2D eigenvalue weighted by Crippen LogP contribution is 2.10. The van der Waals surface area contributed by atoms with Crippen LogP contribution in [0.15, 0.2) is 0 Å². The second-order valence-corrected chi connectivity index (χ2v) is 3.90. The van der Waals surface area contributed by atoms with Crippen molar-refractivity contribution in [2.45, 2.75) is 19.4 Å². The van der Waals surface area contributed by atoms with Crippen molar-refractivity contribution in [3.63, 3.8) is 0 Å². The zero-order valence-electron chi connectivity index (χ0n) is 9.62. The lowest BCUT2D eigenvalue weighted by molar-refractivity contribution is -0.153.